The Morgan fingerprint density at radius 1 is 0.826 bits per heavy atom. The third-order valence-electron chi connectivity index (χ3n) is 6.22. The van der Waals surface area contributed by atoms with Crippen molar-refractivity contribution < 1.29 is 37.0 Å². The van der Waals surface area contributed by atoms with Gasteiger partial charge in [0.1, 0.15) is 17.2 Å². The van der Waals surface area contributed by atoms with Crippen LogP contribution in [0.3, 0.4) is 0 Å². The first kappa shape index (κ1) is 33.4. The van der Waals surface area contributed by atoms with Crippen molar-refractivity contribution in [2.75, 3.05) is 22.6 Å². The average Bonchev–Trinajstić information content (AvgIpc) is 2.97. The predicted molar refractivity (Wildman–Crippen MR) is 167 cm³/mol. The minimum atomic E-state index is -4.47. The maximum absolute atomic E-state index is 13.2. The Balaban J connectivity index is 1.30. The lowest BCUT2D eigenvalue weighted by atomic mass is 9.96. The quantitative estimate of drug-likeness (QED) is 0.180. The topological polar surface area (TPSA) is 132 Å². The van der Waals surface area contributed by atoms with Crippen LogP contribution in [0.5, 0.6) is 0 Å². The molecule has 3 N–H and O–H groups in total. The summed E-state index contributed by atoms with van der Waals surface area (Å²) in [5.74, 6) is -0.0176. The zero-order chi connectivity index (χ0) is 33.5. The number of hydrogen-bond donors (Lipinski definition) is 3. The Kier molecular flexibility index (Phi) is 10.2. The molecule has 0 radical (unpaired) electrons. The van der Waals surface area contributed by atoms with E-state index in [9.17, 15) is 27.6 Å². The molecule has 0 aliphatic rings. The molecular weight excluding hydrogens is 603 g/mol. The Hall–Kier alpha value is -5.46. The highest BCUT2D eigenvalue weighted by atomic mass is 19.4. The van der Waals surface area contributed by atoms with Crippen LogP contribution in [0.2, 0.25) is 0 Å². The van der Waals surface area contributed by atoms with Gasteiger partial charge in [0, 0.05) is 17.7 Å². The molecular formula is C33H32F3N5O5. The molecule has 4 aromatic rings. The molecule has 0 saturated heterocycles. The van der Waals surface area contributed by atoms with E-state index in [0.29, 0.717) is 28.3 Å². The number of carbonyl (C=O) groups excluding carboxylic acids is 3. The standard InChI is InChI=1S/C33H32F3N5O5/c1-20-8-14-25(21-9-11-22(12-10-21)33(34,35)36)26(18-20)29(42)39-24-13-15-27(37-19-24)40-30(43)45-17-16-23-6-5-7-28(38-23)41-31(44)46-32(2,3)4/h5-15,18-19H,16-17H2,1-4H3,(H,39,42)(H,37,40,43)(H,38,41,44). The molecule has 0 atom stereocenters. The number of halogens is 3. The van der Waals surface area contributed by atoms with E-state index in [1.807, 2.05) is 0 Å². The van der Waals surface area contributed by atoms with Crippen LogP contribution < -0.4 is 16.0 Å². The van der Waals surface area contributed by atoms with Gasteiger partial charge in [0.2, 0.25) is 0 Å². The minimum absolute atomic E-state index is 0.000618. The predicted octanol–water partition coefficient (Wildman–Crippen LogP) is 7.86. The second-order valence-electron chi connectivity index (χ2n) is 11.2. The third kappa shape index (κ3) is 9.78. The van der Waals surface area contributed by atoms with Gasteiger partial charge in [0.25, 0.3) is 5.91 Å². The molecule has 4 rings (SSSR count). The van der Waals surface area contributed by atoms with Gasteiger partial charge in [-0.3, -0.25) is 15.4 Å². The van der Waals surface area contributed by atoms with E-state index in [1.165, 1.54) is 30.5 Å². The first-order valence-corrected chi connectivity index (χ1v) is 14.1. The van der Waals surface area contributed by atoms with Crippen molar-refractivity contribution in [2.45, 2.75) is 45.9 Å². The minimum Gasteiger partial charge on any atom is -0.449 e. The third-order valence-corrected chi connectivity index (χ3v) is 6.22. The lowest BCUT2D eigenvalue weighted by Crippen LogP contribution is -2.27. The van der Waals surface area contributed by atoms with E-state index in [1.54, 1.807) is 64.1 Å². The van der Waals surface area contributed by atoms with Crippen molar-refractivity contribution in [3.05, 3.63) is 101 Å². The number of hydrogen-bond acceptors (Lipinski definition) is 7. The monoisotopic (exact) mass is 635 g/mol. The molecule has 0 fully saturated rings. The fourth-order valence-electron chi connectivity index (χ4n) is 4.16. The summed E-state index contributed by atoms with van der Waals surface area (Å²) in [5, 5.41) is 7.77. The fraction of sp³-hybridized carbons (Fsp3) is 0.242. The van der Waals surface area contributed by atoms with Gasteiger partial charge in [0.15, 0.2) is 0 Å². The Morgan fingerprint density at radius 2 is 1.54 bits per heavy atom. The Morgan fingerprint density at radius 3 is 2.20 bits per heavy atom. The van der Waals surface area contributed by atoms with Gasteiger partial charge in [-0.05, 0) is 81.3 Å². The number of benzene rings is 2. The van der Waals surface area contributed by atoms with Gasteiger partial charge < -0.3 is 14.8 Å². The van der Waals surface area contributed by atoms with Crippen LogP contribution in [0.25, 0.3) is 11.1 Å². The van der Waals surface area contributed by atoms with E-state index < -0.39 is 35.4 Å². The number of carbonyl (C=O) groups is 3. The number of ether oxygens (including phenoxy) is 2. The summed E-state index contributed by atoms with van der Waals surface area (Å²) >= 11 is 0. The van der Waals surface area contributed by atoms with Gasteiger partial charge >= 0.3 is 18.4 Å². The molecule has 240 valence electrons. The summed E-state index contributed by atoms with van der Waals surface area (Å²) in [6.07, 6.45) is -4.24. The van der Waals surface area contributed by atoms with Gasteiger partial charge in [-0.2, -0.15) is 13.2 Å². The maximum atomic E-state index is 13.2. The van der Waals surface area contributed by atoms with Crippen LogP contribution in [0.15, 0.2) is 79.0 Å². The highest BCUT2D eigenvalue weighted by Crippen LogP contribution is 2.32. The number of nitrogens with zero attached hydrogens (tertiary/aromatic N) is 2. The Labute approximate surface area is 263 Å². The number of pyridine rings is 2. The van der Waals surface area contributed by atoms with Crippen LogP contribution in [0, 0.1) is 6.92 Å². The lowest BCUT2D eigenvalue weighted by Gasteiger charge is -2.19. The van der Waals surface area contributed by atoms with E-state index in [-0.39, 0.29) is 24.4 Å². The van der Waals surface area contributed by atoms with E-state index in [0.717, 1.165) is 17.7 Å². The van der Waals surface area contributed by atoms with Crippen LogP contribution >= 0.6 is 0 Å². The normalized spacial score (nSPS) is 11.4. The summed E-state index contributed by atoms with van der Waals surface area (Å²) in [6, 6.07) is 17.7. The van der Waals surface area contributed by atoms with Crippen LogP contribution in [-0.4, -0.2) is 40.3 Å². The second-order valence-corrected chi connectivity index (χ2v) is 11.2. The number of anilines is 3. The van der Waals surface area contributed by atoms with Gasteiger partial charge in [-0.15, -0.1) is 0 Å². The summed E-state index contributed by atoms with van der Waals surface area (Å²) in [4.78, 5) is 45.8. The molecule has 0 aliphatic carbocycles. The molecule has 0 saturated carbocycles. The number of nitrogens with one attached hydrogen (secondary N) is 3. The SMILES string of the molecule is Cc1ccc(-c2ccc(C(F)(F)F)cc2)c(C(=O)Nc2ccc(NC(=O)OCCc3cccc(NC(=O)OC(C)(C)C)n3)nc2)c1. The van der Waals surface area contributed by atoms with E-state index >= 15 is 0 Å². The Bertz CT molecular complexity index is 1700. The van der Waals surface area contributed by atoms with E-state index in [2.05, 4.69) is 25.9 Å². The summed E-state index contributed by atoms with van der Waals surface area (Å²) in [5.41, 5.74) is 1.45. The molecule has 0 spiro atoms. The molecule has 3 amide bonds. The molecule has 0 aliphatic heterocycles. The lowest BCUT2D eigenvalue weighted by molar-refractivity contribution is -0.137. The highest BCUT2D eigenvalue weighted by molar-refractivity contribution is 6.08. The zero-order valence-electron chi connectivity index (χ0n) is 25.5. The summed E-state index contributed by atoms with van der Waals surface area (Å²) < 4.78 is 49.4. The second kappa shape index (κ2) is 14.1. The van der Waals surface area contributed by atoms with Crippen LogP contribution in [0.4, 0.5) is 40.1 Å². The first-order chi connectivity index (χ1) is 21.7. The first-order valence-electron chi connectivity index (χ1n) is 14.1. The zero-order valence-corrected chi connectivity index (χ0v) is 25.5. The van der Waals surface area contributed by atoms with Crippen LogP contribution in [-0.2, 0) is 22.1 Å². The molecule has 46 heavy (non-hydrogen) atoms. The molecule has 10 nitrogen and oxygen atoms in total. The molecule has 2 heterocycles. The van der Waals surface area contributed by atoms with Crippen molar-refractivity contribution in [1.29, 1.82) is 0 Å². The molecule has 0 unspecified atom stereocenters. The van der Waals surface area contributed by atoms with Crippen molar-refractivity contribution in [2.24, 2.45) is 0 Å². The number of aryl methyl sites for hydroxylation is 1. The average molecular weight is 636 g/mol. The van der Waals surface area contributed by atoms with Gasteiger partial charge in [-0.25, -0.2) is 19.6 Å². The number of amides is 3. The largest absolute Gasteiger partial charge is 0.449 e. The summed E-state index contributed by atoms with van der Waals surface area (Å²) in [7, 11) is 0. The molecule has 2 aromatic carbocycles. The van der Waals surface area contributed by atoms with Crippen molar-refractivity contribution >= 4 is 35.4 Å². The summed E-state index contributed by atoms with van der Waals surface area (Å²) in [6.45, 7) is 7.05. The maximum Gasteiger partial charge on any atom is 0.416 e. The molecule has 13 heteroatoms. The van der Waals surface area contributed by atoms with Gasteiger partial charge in [0.05, 0.1) is 24.1 Å². The van der Waals surface area contributed by atoms with Crippen molar-refractivity contribution in [3.8, 4) is 11.1 Å². The van der Waals surface area contributed by atoms with Crippen molar-refractivity contribution in [3.63, 3.8) is 0 Å². The number of alkyl halides is 3. The number of rotatable bonds is 8. The van der Waals surface area contributed by atoms with Gasteiger partial charge in [-0.1, -0.05) is 35.9 Å². The van der Waals surface area contributed by atoms with Crippen molar-refractivity contribution in [1.82, 2.24) is 9.97 Å². The highest BCUT2D eigenvalue weighted by Gasteiger charge is 2.30. The smallest absolute Gasteiger partial charge is 0.416 e. The number of aromatic nitrogens is 2. The fourth-order valence-corrected chi connectivity index (χ4v) is 4.16. The molecule has 2 aromatic heterocycles. The van der Waals surface area contributed by atoms with E-state index in [4.69, 9.17) is 9.47 Å². The molecule has 0 bridgehead atoms. The van der Waals surface area contributed by atoms with Crippen LogP contribution in [0.1, 0.15) is 48.0 Å².